The highest BCUT2D eigenvalue weighted by atomic mass is 79.9. The average molecular weight is 465 g/mol. The summed E-state index contributed by atoms with van der Waals surface area (Å²) in [6.45, 7) is 3.53. The van der Waals surface area contributed by atoms with Crippen LogP contribution in [0, 0.1) is 13.8 Å². The first-order valence-corrected chi connectivity index (χ1v) is 9.08. The monoisotopic (exact) mass is 462 g/mol. The summed E-state index contributed by atoms with van der Waals surface area (Å²) >= 11 is 21.6. The summed E-state index contributed by atoms with van der Waals surface area (Å²) in [5.41, 5.74) is 4.60. The minimum Gasteiger partial charge on any atom is -0.483 e. The number of nitrogens with one attached hydrogen (secondary N) is 1. The van der Waals surface area contributed by atoms with Crippen molar-refractivity contribution < 1.29 is 9.53 Å². The molecule has 0 aliphatic rings. The van der Waals surface area contributed by atoms with Crippen molar-refractivity contribution in [2.75, 3.05) is 6.61 Å². The van der Waals surface area contributed by atoms with Crippen molar-refractivity contribution in [3.8, 4) is 5.75 Å². The van der Waals surface area contributed by atoms with E-state index in [4.69, 9.17) is 39.5 Å². The maximum atomic E-state index is 11.9. The first kappa shape index (κ1) is 20.0. The Labute approximate surface area is 169 Å². The molecule has 132 valence electrons. The van der Waals surface area contributed by atoms with Gasteiger partial charge < -0.3 is 4.74 Å². The molecule has 8 heteroatoms. The second-order valence-corrected chi connectivity index (χ2v) is 7.15. The van der Waals surface area contributed by atoms with E-state index in [2.05, 4.69) is 26.5 Å². The van der Waals surface area contributed by atoms with Gasteiger partial charge in [-0.3, -0.25) is 4.79 Å². The van der Waals surface area contributed by atoms with Gasteiger partial charge in [0.2, 0.25) is 0 Å². The summed E-state index contributed by atoms with van der Waals surface area (Å²) in [5.74, 6) is 0.115. The average Bonchev–Trinajstić information content (AvgIpc) is 2.57. The lowest BCUT2D eigenvalue weighted by Crippen LogP contribution is -2.24. The number of hydrazone groups is 1. The summed E-state index contributed by atoms with van der Waals surface area (Å²) in [6, 6.07) is 6.85. The van der Waals surface area contributed by atoms with Gasteiger partial charge in [-0.2, -0.15) is 5.10 Å². The number of carbonyl (C=O) groups excluding carboxylic acids is 1. The van der Waals surface area contributed by atoms with Crippen LogP contribution in [0.15, 0.2) is 33.8 Å². The Morgan fingerprint density at radius 1 is 1.28 bits per heavy atom. The van der Waals surface area contributed by atoms with Crippen LogP contribution in [-0.2, 0) is 4.79 Å². The van der Waals surface area contributed by atoms with Gasteiger partial charge >= 0.3 is 0 Å². The summed E-state index contributed by atoms with van der Waals surface area (Å²) in [7, 11) is 0. The molecule has 0 heterocycles. The molecule has 2 rings (SSSR count). The first-order valence-electron chi connectivity index (χ1n) is 7.15. The van der Waals surface area contributed by atoms with Crippen molar-refractivity contribution in [3.05, 3.63) is 60.5 Å². The van der Waals surface area contributed by atoms with Gasteiger partial charge in [-0.25, -0.2) is 5.43 Å². The third-order valence-corrected chi connectivity index (χ3v) is 5.54. The quantitative estimate of drug-likeness (QED) is 0.466. The Balaban J connectivity index is 1.97. The highest BCUT2D eigenvalue weighted by molar-refractivity contribution is 9.10. The van der Waals surface area contributed by atoms with E-state index >= 15 is 0 Å². The predicted molar refractivity (Wildman–Crippen MR) is 106 cm³/mol. The number of aryl methyl sites for hydroxylation is 1. The van der Waals surface area contributed by atoms with Crippen molar-refractivity contribution in [2.24, 2.45) is 5.10 Å². The van der Waals surface area contributed by atoms with Crippen molar-refractivity contribution in [1.29, 1.82) is 0 Å². The molecule has 4 nitrogen and oxygen atoms in total. The van der Waals surface area contributed by atoms with E-state index < -0.39 is 5.91 Å². The Kier molecular flexibility index (Phi) is 7.14. The topological polar surface area (TPSA) is 50.7 Å². The zero-order valence-corrected chi connectivity index (χ0v) is 17.2. The van der Waals surface area contributed by atoms with Gasteiger partial charge in [-0.05, 0) is 59.1 Å². The fourth-order valence-corrected chi connectivity index (χ4v) is 3.17. The Morgan fingerprint density at radius 2 is 1.92 bits per heavy atom. The van der Waals surface area contributed by atoms with E-state index in [0.717, 1.165) is 11.1 Å². The molecule has 1 amide bonds. The lowest BCUT2D eigenvalue weighted by Gasteiger charge is -2.12. The molecule has 2 aromatic carbocycles. The van der Waals surface area contributed by atoms with Gasteiger partial charge in [-0.1, -0.05) is 40.9 Å². The van der Waals surface area contributed by atoms with Gasteiger partial charge in [0, 0.05) is 10.6 Å². The number of rotatable bonds is 5. The van der Waals surface area contributed by atoms with Crippen LogP contribution in [0.25, 0.3) is 0 Å². The van der Waals surface area contributed by atoms with Crippen LogP contribution >= 0.6 is 50.7 Å². The molecule has 0 saturated heterocycles. The smallest absolute Gasteiger partial charge is 0.277 e. The maximum Gasteiger partial charge on any atom is 0.277 e. The minimum atomic E-state index is -0.420. The maximum absolute atomic E-state index is 11.9. The van der Waals surface area contributed by atoms with Crippen LogP contribution in [0.1, 0.15) is 16.7 Å². The SMILES string of the molecule is Cc1cc(OCC(=O)N/N=C/c2c(Cl)cccc2Cl)c(Br)c(C)c1Cl. The van der Waals surface area contributed by atoms with Crippen LogP contribution in [0.3, 0.4) is 0 Å². The second-order valence-electron chi connectivity index (χ2n) is 5.16. The zero-order chi connectivity index (χ0) is 18.6. The molecule has 2 aromatic rings. The van der Waals surface area contributed by atoms with E-state index in [0.29, 0.717) is 30.9 Å². The van der Waals surface area contributed by atoms with Gasteiger partial charge in [0.1, 0.15) is 5.75 Å². The van der Waals surface area contributed by atoms with E-state index in [-0.39, 0.29) is 6.61 Å². The lowest BCUT2D eigenvalue weighted by atomic mass is 10.1. The van der Waals surface area contributed by atoms with Crippen molar-refractivity contribution in [1.82, 2.24) is 5.43 Å². The molecule has 0 radical (unpaired) electrons. The number of hydrogen-bond donors (Lipinski definition) is 1. The molecule has 0 spiro atoms. The fraction of sp³-hybridized carbons (Fsp3) is 0.176. The van der Waals surface area contributed by atoms with Crippen molar-refractivity contribution >= 4 is 62.9 Å². The number of ether oxygens (including phenoxy) is 1. The largest absolute Gasteiger partial charge is 0.483 e. The summed E-state index contributed by atoms with van der Waals surface area (Å²) in [4.78, 5) is 11.9. The summed E-state index contributed by atoms with van der Waals surface area (Å²) in [6.07, 6.45) is 1.38. The molecule has 0 aromatic heterocycles. The number of carbonyl (C=O) groups is 1. The lowest BCUT2D eigenvalue weighted by molar-refractivity contribution is -0.123. The molecule has 0 unspecified atom stereocenters. The Bertz CT molecular complexity index is 821. The third-order valence-electron chi connectivity index (χ3n) is 3.31. The van der Waals surface area contributed by atoms with Crippen molar-refractivity contribution in [2.45, 2.75) is 13.8 Å². The standard InChI is InChI=1S/C17H14BrCl3N2O2/c1-9-6-14(16(18)10(2)17(9)21)25-8-15(24)23-22-7-11-12(19)4-3-5-13(11)20/h3-7H,8H2,1-2H3,(H,23,24)/b22-7+. The molecule has 0 saturated carbocycles. The van der Waals surface area contributed by atoms with E-state index in [1.807, 2.05) is 13.8 Å². The van der Waals surface area contributed by atoms with Gasteiger partial charge in [-0.15, -0.1) is 0 Å². The molecular formula is C17H14BrCl3N2O2. The molecular weight excluding hydrogens is 450 g/mol. The molecule has 0 aliphatic carbocycles. The fourth-order valence-electron chi connectivity index (χ4n) is 1.98. The number of nitrogens with zero attached hydrogens (tertiary/aromatic N) is 1. The first-order chi connectivity index (χ1) is 11.8. The van der Waals surface area contributed by atoms with E-state index in [9.17, 15) is 4.79 Å². The van der Waals surface area contributed by atoms with Crippen LogP contribution in [0.4, 0.5) is 0 Å². The predicted octanol–water partition coefficient (Wildman–Crippen LogP) is 5.56. The normalized spacial score (nSPS) is 11.0. The van der Waals surface area contributed by atoms with Crippen molar-refractivity contribution in [3.63, 3.8) is 0 Å². The molecule has 1 N–H and O–H groups in total. The van der Waals surface area contributed by atoms with Gasteiger partial charge in [0.05, 0.1) is 20.7 Å². The molecule has 0 fully saturated rings. The van der Waals surface area contributed by atoms with Crippen LogP contribution in [-0.4, -0.2) is 18.7 Å². The van der Waals surface area contributed by atoms with E-state index in [1.165, 1.54) is 6.21 Å². The van der Waals surface area contributed by atoms with Crippen LogP contribution < -0.4 is 10.2 Å². The van der Waals surface area contributed by atoms with Crippen LogP contribution in [0.2, 0.25) is 15.1 Å². The number of halogens is 4. The minimum absolute atomic E-state index is 0.202. The number of amides is 1. The highest BCUT2D eigenvalue weighted by Gasteiger charge is 2.12. The zero-order valence-electron chi connectivity index (χ0n) is 13.4. The van der Waals surface area contributed by atoms with Crippen LogP contribution in [0.5, 0.6) is 5.75 Å². The summed E-state index contributed by atoms with van der Waals surface area (Å²) < 4.78 is 6.23. The molecule has 25 heavy (non-hydrogen) atoms. The third kappa shape index (κ3) is 5.11. The van der Waals surface area contributed by atoms with Gasteiger partial charge in [0.25, 0.3) is 5.91 Å². The Hall–Kier alpha value is -1.27. The molecule has 0 atom stereocenters. The summed E-state index contributed by atoms with van der Waals surface area (Å²) in [5, 5.41) is 5.38. The number of benzene rings is 2. The molecule has 0 bridgehead atoms. The Morgan fingerprint density at radius 3 is 2.56 bits per heavy atom. The van der Waals surface area contributed by atoms with E-state index in [1.54, 1.807) is 24.3 Å². The second kappa shape index (κ2) is 8.90. The molecule has 0 aliphatic heterocycles. The number of hydrogen-bond acceptors (Lipinski definition) is 3. The highest BCUT2D eigenvalue weighted by Crippen LogP contribution is 2.35. The van der Waals surface area contributed by atoms with Gasteiger partial charge in [0.15, 0.2) is 6.61 Å².